The summed E-state index contributed by atoms with van der Waals surface area (Å²) in [4.78, 5) is 22.4. The van der Waals surface area contributed by atoms with Gasteiger partial charge in [-0.25, -0.2) is 8.42 Å². The summed E-state index contributed by atoms with van der Waals surface area (Å²) < 4.78 is 27.2. The highest BCUT2D eigenvalue weighted by molar-refractivity contribution is 7.89. The molecule has 156 valence electrons. The van der Waals surface area contributed by atoms with E-state index >= 15 is 0 Å². The summed E-state index contributed by atoms with van der Waals surface area (Å²) in [6, 6.07) is 5.23. The van der Waals surface area contributed by atoms with Crippen molar-refractivity contribution in [2.24, 2.45) is 5.92 Å². The standard InChI is InChI=1S/C17H24N4O5S.ClH/c22-17(14-6-3-9-18-14)19-11-13-5-4-10-20(12-13)27(25,26)16-8-2-1-7-15(16)21(23)24;/h1-2,7-8,13-14,18H,3-6,9-12H2,(H,19,22);1H. The van der Waals surface area contributed by atoms with Crippen molar-refractivity contribution in [3.63, 3.8) is 0 Å². The lowest BCUT2D eigenvalue weighted by Gasteiger charge is -2.32. The molecule has 2 aliphatic rings. The number of carbonyl (C=O) groups is 1. The second-order valence-electron chi connectivity index (χ2n) is 6.99. The summed E-state index contributed by atoms with van der Waals surface area (Å²) in [5.41, 5.74) is -0.416. The van der Waals surface area contributed by atoms with E-state index in [1.165, 1.54) is 28.6 Å². The number of rotatable bonds is 6. The van der Waals surface area contributed by atoms with Crippen LogP contribution in [0.1, 0.15) is 25.7 Å². The molecule has 1 amide bonds. The number of para-hydroxylation sites is 1. The van der Waals surface area contributed by atoms with Gasteiger partial charge in [-0.2, -0.15) is 4.31 Å². The number of hydrogen-bond donors (Lipinski definition) is 2. The highest BCUT2D eigenvalue weighted by atomic mass is 35.5. The van der Waals surface area contributed by atoms with Gasteiger partial charge < -0.3 is 10.6 Å². The van der Waals surface area contributed by atoms with Gasteiger partial charge in [-0.3, -0.25) is 14.9 Å². The van der Waals surface area contributed by atoms with Crippen LogP contribution in [-0.2, 0) is 14.8 Å². The van der Waals surface area contributed by atoms with Gasteiger partial charge in [0.1, 0.15) is 0 Å². The predicted octanol–water partition coefficient (Wildman–Crippen LogP) is 1.29. The van der Waals surface area contributed by atoms with Gasteiger partial charge in [-0.15, -0.1) is 12.4 Å². The van der Waals surface area contributed by atoms with Crippen LogP contribution in [0.3, 0.4) is 0 Å². The molecule has 28 heavy (non-hydrogen) atoms. The lowest BCUT2D eigenvalue weighted by molar-refractivity contribution is -0.387. The first-order valence-electron chi connectivity index (χ1n) is 9.14. The van der Waals surface area contributed by atoms with E-state index in [1.807, 2.05) is 0 Å². The minimum Gasteiger partial charge on any atom is -0.354 e. The summed E-state index contributed by atoms with van der Waals surface area (Å²) in [6.45, 7) is 1.80. The molecule has 2 N–H and O–H groups in total. The van der Waals surface area contributed by atoms with Crippen molar-refractivity contribution >= 4 is 34.0 Å². The van der Waals surface area contributed by atoms with Gasteiger partial charge in [-0.05, 0) is 44.2 Å². The van der Waals surface area contributed by atoms with E-state index in [2.05, 4.69) is 10.6 Å². The number of nitrogens with zero attached hydrogens (tertiary/aromatic N) is 2. The van der Waals surface area contributed by atoms with Gasteiger partial charge >= 0.3 is 0 Å². The van der Waals surface area contributed by atoms with E-state index in [9.17, 15) is 23.3 Å². The quantitative estimate of drug-likeness (QED) is 0.516. The van der Waals surface area contributed by atoms with Crippen molar-refractivity contribution in [1.82, 2.24) is 14.9 Å². The SMILES string of the molecule is Cl.O=C(NCC1CCCN(S(=O)(=O)c2ccccc2[N+](=O)[O-])C1)C1CCCN1. The Morgan fingerprint density at radius 2 is 2.04 bits per heavy atom. The molecule has 2 atom stereocenters. The fourth-order valence-corrected chi connectivity index (χ4v) is 5.37. The van der Waals surface area contributed by atoms with Crippen molar-refractivity contribution < 1.29 is 18.1 Å². The van der Waals surface area contributed by atoms with Crippen LogP contribution < -0.4 is 10.6 Å². The molecule has 0 saturated carbocycles. The van der Waals surface area contributed by atoms with E-state index in [4.69, 9.17) is 0 Å². The maximum Gasteiger partial charge on any atom is 0.289 e. The number of halogens is 1. The van der Waals surface area contributed by atoms with Gasteiger partial charge in [0.25, 0.3) is 5.69 Å². The maximum atomic E-state index is 12.9. The third-order valence-electron chi connectivity index (χ3n) is 5.10. The average Bonchev–Trinajstić information content (AvgIpc) is 3.21. The Kier molecular flexibility index (Phi) is 7.76. The number of carbonyl (C=O) groups excluding carboxylic acids is 1. The molecule has 2 aliphatic heterocycles. The minimum absolute atomic E-state index is 0. The predicted molar refractivity (Wildman–Crippen MR) is 106 cm³/mol. The first-order chi connectivity index (χ1) is 12.9. The third-order valence-corrected chi connectivity index (χ3v) is 7.02. The van der Waals surface area contributed by atoms with Gasteiger partial charge in [0.05, 0.1) is 11.0 Å². The number of hydrogen-bond acceptors (Lipinski definition) is 6. The van der Waals surface area contributed by atoms with Gasteiger partial charge in [-0.1, -0.05) is 12.1 Å². The van der Waals surface area contributed by atoms with Crippen molar-refractivity contribution in [1.29, 1.82) is 0 Å². The van der Waals surface area contributed by atoms with Crippen LogP contribution in [0, 0.1) is 16.0 Å². The number of nitro benzene ring substituents is 1. The van der Waals surface area contributed by atoms with Gasteiger partial charge in [0, 0.05) is 25.7 Å². The highest BCUT2D eigenvalue weighted by Crippen LogP contribution is 2.29. The number of piperidine rings is 1. The van der Waals surface area contributed by atoms with Crippen LogP contribution in [-0.4, -0.2) is 55.8 Å². The zero-order valence-electron chi connectivity index (χ0n) is 15.4. The van der Waals surface area contributed by atoms with Crippen molar-refractivity contribution in [2.75, 3.05) is 26.2 Å². The number of sulfonamides is 1. The topological polar surface area (TPSA) is 122 Å². The third kappa shape index (κ3) is 4.99. The van der Waals surface area contributed by atoms with Crippen LogP contribution in [0.25, 0.3) is 0 Å². The molecular weight excluding hydrogens is 408 g/mol. The Morgan fingerprint density at radius 3 is 2.71 bits per heavy atom. The Bertz CT molecular complexity index is 814. The van der Waals surface area contributed by atoms with E-state index in [0.717, 1.165) is 25.8 Å². The summed E-state index contributed by atoms with van der Waals surface area (Å²) in [5.74, 6) is -0.0622. The monoisotopic (exact) mass is 432 g/mol. The number of nitrogens with one attached hydrogen (secondary N) is 2. The molecule has 2 heterocycles. The second kappa shape index (κ2) is 9.64. The van der Waals surface area contributed by atoms with Crippen molar-refractivity contribution in [3.8, 4) is 0 Å². The zero-order valence-corrected chi connectivity index (χ0v) is 17.0. The Morgan fingerprint density at radius 1 is 1.29 bits per heavy atom. The molecule has 0 spiro atoms. The molecule has 2 fully saturated rings. The van der Waals surface area contributed by atoms with E-state index in [1.54, 1.807) is 0 Å². The molecule has 2 saturated heterocycles. The van der Waals surface area contributed by atoms with Crippen molar-refractivity contribution in [2.45, 2.75) is 36.6 Å². The molecular formula is C17H25ClN4O5S. The molecule has 0 bridgehead atoms. The minimum atomic E-state index is -3.96. The number of nitro groups is 1. The molecule has 1 aromatic carbocycles. The van der Waals surface area contributed by atoms with Gasteiger partial charge in [0.2, 0.25) is 15.9 Å². The first kappa shape index (κ1) is 22.5. The van der Waals surface area contributed by atoms with Crippen LogP contribution in [0.5, 0.6) is 0 Å². The molecule has 0 aromatic heterocycles. The molecule has 2 unspecified atom stereocenters. The normalized spacial score (nSPS) is 23.0. The number of amides is 1. The fraction of sp³-hybridized carbons (Fsp3) is 0.588. The zero-order chi connectivity index (χ0) is 19.4. The maximum absolute atomic E-state index is 12.9. The summed E-state index contributed by atoms with van der Waals surface area (Å²) in [7, 11) is -3.96. The Labute approximate surface area is 170 Å². The van der Waals surface area contributed by atoms with Crippen molar-refractivity contribution in [3.05, 3.63) is 34.4 Å². The van der Waals surface area contributed by atoms with Crippen LogP contribution in [0.4, 0.5) is 5.69 Å². The average molecular weight is 433 g/mol. The molecule has 11 heteroatoms. The Balaban J connectivity index is 0.00000280. The Hall–Kier alpha value is -1.75. The largest absolute Gasteiger partial charge is 0.354 e. The molecule has 1 aromatic rings. The molecule has 9 nitrogen and oxygen atoms in total. The summed E-state index contributed by atoms with van der Waals surface area (Å²) in [5, 5.41) is 17.2. The van der Waals surface area contributed by atoms with E-state index in [0.29, 0.717) is 19.5 Å². The highest BCUT2D eigenvalue weighted by Gasteiger charge is 2.35. The number of benzene rings is 1. The molecule has 3 rings (SSSR count). The van der Waals surface area contributed by atoms with E-state index < -0.39 is 20.6 Å². The van der Waals surface area contributed by atoms with Crippen LogP contribution >= 0.6 is 12.4 Å². The first-order valence-corrected chi connectivity index (χ1v) is 10.6. The fourth-order valence-electron chi connectivity index (χ4n) is 3.65. The van der Waals surface area contributed by atoms with Gasteiger partial charge in [0.15, 0.2) is 4.90 Å². The molecule has 0 radical (unpaired) electrons. The summed E-state index contributed by atoms with van der Waals surface area (Å²) >= 11 is 0. The van der Waals surface area contributed by atoms with Crippen LogP contribution in [0.2, 0.25) is 0 Å². The molecule has 0 aliphatic carbocycles. The lowest BCUT2D eigenvalue weighted by Crippen LogP contribution is -2.46. The smallest absolute Gasteiger partial charge is 0.289 e. The second-order valence-corrected chi connectivity index (χ2v) is 8.90. The summed E-state index contributed by atoms with van der Waals surface area (Å²) in [6.07, 6.45) is 3.25. The lowest BCUT2D eigenvalue weighted by atomic mass is 9.99. The van der Waals surface area contributed by atoms with E-state index in [-0.39, 0.29) is 41.7 Å². The van der Waals surface area contributed by atoms with Crippen LogP contribution in [0.15, 0.2) is 29.2 Å².